The Morgan fingerprint density at radius 1 is 0.944 bits per heavy atom. The number of para-hydroxylation sites is 1. The molecular weight excluding hydrogens is 220 g/mol. The fourth-order valence-corrected chi connectivity index (χ4v) is 2.89. The fourth-order valence-electron chi connectivity index (χ4n) is 2.89. The number of hydrogen-bond donors (Lipinski definition) is 0. The van der Waals surface area contributed by atoms with Gasteiger partial charge in [-0.1, -0.05) is 59.7 Å². The lowest BCUT2D eigenvalue weighted by molar-refractivity contribution is -0.0247. The Kier molecular flexibility index (Phi) is 3.21. The first-order valence-electron chi connectivity index (χ1n) is 6.94. The average Bonchev–Trinajstić information content (AvgIpc) is 2.25. The lowest BCUT2D eigenvalue weighted by Gasteiger charge is -2.46. The van der Waals surface area contributed by atoms with E-state index in [-0.39, 0.29) is 16.9 Å². The Balaban J connectivity index is 2.40. The van der Waals surface area contributed by atoms with Gasteiger partial charge in [-0.25, -0.2) is 0 Å². The van der Waals surface area contributed by atoms with E-state index in [9.17, 15) is 0 Å². The van der Waals surface area contributed by atoms with Crippen LogP contribution in [0, 0.1) is 16.7 Å². The van der Waals surface area contributed by atoms with Crippen LogP contribution in [0.4, 0.5) is 0 Å². The minimum atomic E-state index is 0.172. The number of rotatable bonds is 0. The van der Waals surface area contributed by atoms with Gasteiger partial charge in [0.2, 0.25) is 0 Å². The molecule has 0 bridgehead atoms. The van der Waals surface area contributed by atoms with E-state index in [0.717, 1.165) is 12.2 Å². The molecule has 1 aliphatic rings. The Bertz CT molecular complexity index is 379. The topological polar surface area (TPSA) is 9.23 Å². The van der Waals surface area contributed by atoms with Gasteiger partial charge in [0.1, 0.15) is 11.9 Å². The van der Waals surface area contributed by atoms with Crippen LogP contribution in [0.3, 0.4) is 0 Å². The minimum Gasteiger partial charge on any atom is -0.489 e. The van der Waals surface area contributed by atoms with Crippen LogP contribution in [0.1, 0.15) is 47.1 Å². The zero-order valence-electron chi connectivity index (χ0n) is 12.6. The molecule has 0 saturated carbocycles. The summed E-state index contributed by atoms with van der Waals surface area (Å²) in [5.74, 6) is 1.64. The average molecular weight is 246 g/mol. The van der Waals surface area contributed by atoms with Crippen molar-refractivity contribution in [1.82, 2.24) is 0 Å². The minimum absolute atomic E-state index is 0.172. The van der Waals surface area contributed by atoms with Crippen molar-refractivity contribution in [2.75, 3.05) is 0 Å². The van der Waals surface area contributed by atoms with Crippen molar-refractivity contribution in [2.45, 2.75) is 54.1 Å². The van der Waals surface area contributed by atoms with E-state index < -0.39 is 0 Å². The molecule has 2 rings (SSSR count). The predicted molar refractivity (Wildman–Crippen MR) is 77.0 cm³/mol. The predicted octanol–water partition coefficient (Wildman–Crippen LogP) is 4.70. The largest absolute Gasteiger partial charge is 0.489 e. The number of ether oxygens (including phenoxy) is 1. The van der Waals surface area contributed by atoms with Gasteiger partial charge in [-0.05, 0) is 28.9 Å². The molecule has 1 aliphatic heterocycles. The summed E-state index contributed by atoms with van der Waals surface area (Å²) in [7, 11) is 0. The van der Waals surface area contributed by atoms with E-state index >= 15 is 0 Å². The summed E-state index contributed by atoms with van der Waals surface area (Å²) in [6, 6.07) is 8.48. The number of benzene rings is 1. The molecule has 0 aliphatic carbocycles. The van der Waals surface area contributed by atoms with Crippen LogP contribution in [0.2, 0.25) is 0 Å². The van der Waals surface area contributed by atoms with E-state index in [1.165, 1.54) is 5.56 Å². The first-order valence-corrected chi connectivity index (χ1v) is 6.94. The molecule has 1 nitrogen and oxygen atoms in total. The molecule has 0 radical (unpaired) electrons. The zero-order chi connectivity index (χ0) is 13.6. The highest BCUT2D eigenvalue weighted by Gasteiger charge is 2.43. The van der Waals surface area contributed by atoms with Gasteiger partial charge in [0.05, 0.1) is 0 Å². The molecule has 1 aromatic rings. The maximum atomic E-state index is 6.34. The molecule has 1 aromatic carbocycles. The highest BCUT2D eigenvalue weighted by atomic mass is 16.5. The van der Waals surface area contributed by atoms with Crippen molar-refractivity contribution in [3.63, 3.8) is 0 Å². The summed E-state index contributed by atoms with van der Waals surface area (Å²) >= 11 is 0. The zero-order valence-corrected chi connectivity index (χ0v) is 12.6. The van der Waals surface area contributed by atoms with Crippen LogP contribution in [0.25, 0.3) is 0 Å². The third-order valence-corrected chi connectivity index (χ3v) is 4.00. The second kappa shape index (κ2) is 4.29. The summed E-state index contributed by atoms with van der Waals surface area (Å²) in [6.07, 6.45) is 1.41. The maximum Gasteiger partial charge on any atom is 0.122 e. The van der Waals surface area contributed by atoms with E-state index in [4.69, 9.17) is 4.74 Å². The van der Waals surface area contributed by atoms with Crippen molar-refractivity contribution in [3.8, 4) is 5.75 Å². The first-order chi connectivity index (χ1) is 8.19. The Morgan fingerprint density at radius 2 is 1.56 bits per heavy atom. The Labute approximate surface area is 112 Å². The lowest BCUT2D eigenvalue weighted by Crippen LogP contribution is -2.47. The van der Waals surface area contributed by atoms with Crippen LogP contribution < -0.4 is 4.74 Å². The van der Waals surface area contributed by atoms with Crippen molar-refractivity contribution in [2.24, 2.45) is 16.7 Å². The highest BCUT2D eigenvalue weighted by Crippen LogP contribution is 2.45. The summed E-state index contributed by atoms with van der Waals surface area (Å²) in [6.45, 7) is 13.8. The summed E-state index contributed by atoms with van der Waals surface area (Å²) in [4.78, 5) is 0. The molecule has 1 heteroatoms. The second-order valence-electron chi connectivity index (χ2n) is 7.69. The molecule has 0 N–H and O–H groups in total. The van der Waals surface area contributed by atoms with Crippen molar-refractivity contribution in [1.29, 1.82) is 0 Å². The van der Waals surface area contributed by atoms with E-state index in [1.807, 2.05) is 0 Å². The van der Waals surface area contributed by atoms with Gasteiger partial charge in [-0.3, -0.25) is 0 Å². The molecule has 2 atom stereocenters. The van der Waals surface area contributed by atoms with Crippen molar-refractivity contribution < 1.29 is 4.74 Å². The molecule has 2 unspecified atom stereocenters. The molecule has 0 saturated heterocycles. The van der Waals surface area contributed by atoms with Crippen LogP contribution >= 0.6 is 0 Å². The van der Waals surface area contributed by atoms with Crippen LogP contribution in [-0.4, -0.2) is 6.10 Å². The van der Waals surface area contributed by atoms with Gasteiger partial charge < -0.3 is 4.74 Å². The molecule has 0 fully saturated rings. The summed E-state index contributed by atoms with van der Waals surface area (Å²) in [5, 5.41) is 0. The second-order valence-corrected chi connectivity index (χ2v) is 7.69. The molecular formula is C17H26O. The van der Waals surface area contributed by atoms with E-state index in [2.05, 4.69) is 65.8 Å². The molecule has 0 aromatic heterocycles. The van der Waals surface area contributed by atoms with E-state index in [0.29, 0.717) is 5.92 Å². The lowest BCUT2D eigenvalue weighted by atomic mass is 9.66. The third kappa shape index (κ3) is 2.55. The third-order valence-electron chi connectivity index (χ3n) is 4.00. The molecule has 0 amide bonds. The van der Waals surface area contributed by atoms with Gasteiger partial charge >= 0.3 is 0 Å². The molecule has 100 valence electrons. The van der Waals surface area contributed by atoms with Crippen LogP contribution in [0.5, 0.6) is 5.75 Å². The van der Waals surface area contributed by atoms with Gasteiger partial charge in [0.25, 0.3) is 0 Å². The summed E-state index contributed by atoms with van der Waals surface area (Å²) < 4.78 is 6.34. The van der Waals surface area contributed by atoms with Gasteiger partial charge in [0.15, 0.2) is 0 Å². The number of hydrogen-bond acceptors (Lipinski definition) is 1. The first kappa shape index (κ1) is 13.5. The van der Waals surface area contributed by atoms with Gasteiger partial charge in [-0.2, -0.15) is 0 Å². The van der Waals surface area contributed by atoms with Crippen LogP contribution in [0.15, 0.2) is 24.3 Å². The Hall–Kier alpha value is -0.980. The van der Waals surface area contributed by atoms with Gasteiger partial charge in [0, 0.05) is 5.92 Å². The van der Waals surface area contributed by atoms with E-state index in [1.54, 1.807) is 0 Å². The van der Waals surface area contributed by atoms with Gasteiger partial charge in [-0.15, -0.1) is 0 Å². The molecule has 1 heterocycles. The Morgan fingerprint density at radius 3 is 2.11 bits per heavy atom. The fraction of sp³-hybridized carbons (Fsp3) is 0.647. The highest BCUT2D eigenvalue weighted by molar-refractivity contribution is 5.36. The quantitative estimate of drug-likeness (QED) is 0.645. The number of fused-ring (bicyclic) bond motifs is 1. The normalized spacial score (nSPS) is 24.3. The van der Waals surface area contributed by atoms with Crippen molar-refractivity contribution in [3.05, 3.63) is 29.8 Å². The SMILES string of the molecule is CC(C)(C)C1Cc2ccccc2OC1C(C)(C)C. The smallest absolute Gasteiger partial charge is 0.122 e. The summed E-state index contributed by atoms with van der Waals surface area (Å²) in [5.41, 5.74) is 1.80. The monoisotopic (exact) mass is 246 g/mol. The molecule has 18 heavy (non-hydrogen) atoms. The maximum absolute atomic E-state index is 6.34. The van der Waals surface area contributed by atoms with Crippen molar-refractivity contribution >= 4 is 0 Å². The molecule has 0 spiro atoms. The van der Waals surface area contributed by atoms with Crippen LogP contribution in [-0.2, 0) is 6.42 Å². The standard InChI is InChI=1S/C17H26O/c1-16(2,3)13-11-12-9-7-8-10-14(12)18-15(13)17(4,5)6/h7-10,13,15H,11H2,1-6H3.